The molecule has 9 heteroatoms. The molecule has 0 saturated heterocycles. The zero-order valence-corrected chi connectivity index (χ0v) is 19.4. The Hall–Kier alpha value is -2.32. The minimum absolute atomic E-state index is 0.0792. The van der Waals surface area contributed by atoms with Gasteiger partial charge in [0.15, 0.2) is 0 Å². The number of carbonyl (C=O) groups excluding carboxylic acids is 4. The molecule has 0 unspecified atom stereocenters. The largest absolute Gasteiger partial charge is 0.458 e. The lowest BCUT2D eigenvalue weighted by atomic mass is 10.1. The molecule has 0 aromatic carbocycles. The highest BCUT2D eigenvalue weighted by atomic mass is 16.6. The van der Waals surface area contributed by atoms with E-state index in [2.05, 4.69) is 5.32 Å². The number of alkyl carbamates (subject to hydrolysis) is 1. The van der Waals surface area contributed by atoms with Gasteiger partial charge < -0.3 is 24.6 Å². The molecule has 0 radical (unpaired) electrons. The number of amides is 3. The van der Waals surface area contributed by atoms with Crippen molar-refractivity contribution in [1.29, 1.82) is 0 Å². The standard InChI is InChI=1S/C20H37N3O6/c1-13(17(26)28-19(3,4)5)23(14(2)24)12-11-15(16(25)22(9)10)21-18(27)29-20(6,7)8/h13,15H,11-12H2,1-10H3,(H,21,27)/t13-,15-/m0/s1. The Morgan fingerprint density at radius 2 is 1.41 bits per heavy atom. The zero-order chi connectivity index (χ0) is 23.2. The average molecular weight is 416 g/mol. The molecule has 0 aliphatic rings. The molecule has 2 atom stereocenters. The highest BCUT2D eigenvalue weighted by molar-refractivity contribution is 5.86. The first-order chi connectivity index (χ1) is 12.9. The molecule has 0 fully saturated rings. The summed E-state index contributed by atoms with van der Waals surface area (Å²) >= 11 is 0. The van der Waals surface area contributed by atoms with Gasteiger partial charge in [-0.05, 0) is 54.9 Å². The van der Waals surface area contributed by atoms with E-state index in [1.807, 2.05) is 0 Å². The predicted octanol–water partition coefficient (Wildman–Crippen LogP) is 1.94. The Bertz CT molecular complexity index is 604. The molecule has 0 aromatic heterocycles. The Balaban J connectivity index is 5.29. The third kappa shape index (κ3) is 10.7. The third-order valence-corrected chi connectivity index (χ3v) is 3.71. The van der Waals surface area contributed by atoms with E-state index >= 15 is 0 Å². The van der Waals surface area contributed by atoms with Crippen molar-refractivity contribution in [3.8, 4) is 0 Å². The van der Waals surface area contributed by atoms with Crippen LogP contribution in [0.3, 0.4) is 0 Å². The summed E-state index contributed by atoms with van der Waals surface area (Å²) in [5.74, 6) is -1.22. The van der Waals surface area contributed by atoms with Gasteiger partial charge in [0.05, 0.1) is 0 Å². The van der Waals surface area contributed by atoms with Crippen molar-refractivity contribution in [2.24, 2.45) is 0 Å². The maximum absolute atomic E-state index is 12.5. The maximum atomic E-state index is 12.5. The Morgan fingerprint density at radius 1 is 0.931 bits per heavy atom. The summed E-state index contributed by atoms with van der Waals surface area (Å²) < 4.78 is 10.6. The predicted molar refractivity (Wildman–Crippen MR) is 109 cm³/mol. The monoisotopic (exact) mass is 415 g/mol. The van der Waals surface area contributed by atoms with Crippen LogP contribution >= 0.6 is 0 Å². The normalized spacial score (nSPS) is 13.7. The summed E-state index contributed by atoms with van der Waals surface area (Å²) in [7, 11) is 3.14. The molecule has 0 aliphatic carbocycles. The van der Waals surface area contributed by atoms with Gasteiger partial charge in [-0.25, -0.2) is 9.59 Å². The van der Waals surface area contributed by atoms with E-state index in [0.29, 0.717) is 0 Å². The van der Waals surface area contributed by atoms with Gasteiger partial charge in [-0.1, -0.05) is 0 Å². The first-order valence-corrected chi connectivity index (χ1v) is 9.65. The summed E-state index contributed by atoms with van der Waals surface area (Å²) in [4.78, 5) is 51.7. The first-order valence-electron chi connectivity index (χ1n) is 9.65. The van der Waals surface area contributed by atoms with E-state index < -0.39 is 35.3 Å². The number of hydrogen-bond acceptors (Lipinski definition) is 6. The van der Waals surface area contributed by atoms with E-state index in [0.717, 1.165) is 0 Å². The highest BCUT2D eigenvalue weighted by Crippen LogP contribution is 2.13. The SMILES string of the molecule is CC(=O)N(CC[C@H](NC(=O)OC(C)(C)C)C(=O)N(C)C)[C@@H](C)C(=O)OC(C)(C)C. The highest BCUT2D eigenvalue weighted by Gasteiger charge is 2.31. The lowest BCUT2D eigenvalue weighted by molar-refractivity contribution is -0.163. The fraction of sp³-hybridized carbons (Fsp3) is 0.800. The van der Waals surface area contributed by atoms with Crippen LogP contribution in [-0.4, -0.2) is 77.6 Å². The van der Waals surface area contributed by atoms with Crippen LogP contribution in [0.1, 0.15) is 61.8 Å². The van der Waals surface area contributed by atoms with Gasteiger partial charge in [0, 0.05) is 27.6 Å². The molecule has 29 heavy (non-hydrogen) atoms. The molecular weight excluding hydrogens is 378 g/mol. The van der Waals surface area contributed by atoms with Gasteiger partial charge in [0.25, 0.3) is 0 Å². The van der Waals surface area contributed by atoms with Crippen molar-refractivity contribution < 1.29 is 28.7 Å². The van der Waals surface area contributed by atoms with Gasteiger partial charge in [0.1, 0.15) is 23.3 Å². The molecule has 0 bridgehead atoms. The minimum Gasteiger partial charge on any atom is -0.458 e. The molecule has 0 rings (SSSR count). The topological polar surface area (TPSA) is 105 Å². The van der Waals surface area contributed by atoms with Gasteiger partial charge in [-0.3, -0.25) is 9.59 Å². The molecule has 9 nitrogen and oxygen atoms in total. The number of ether oxygens (including phenoxy) is 2. The van der Waals surface area contributed by atoms with E-state index in [9.17, 15) is 19.2 Å². The van der Waals surface area contributed by atoms with Crippen LogP contribution in [0, 0.1) is 0 Å². The summed E-state index contributed by atoms with van der Waals surface area (Å²) in [5, 5.41) is 2.55. The van der Waals surface area contributed by atoms with Crippen molar-refractivity contribution in [3.63, 3.8) is 0 Å². The summed E-state index contributed by atoms with van der Waals surface area (Å²) in [5.41, 5.74) is -1.40. The summed E-state index contributed by atoms with van der Waals surface area (Å²) in [6.45, 7) is 13.4. The van der Waals surface area contributed by atoms with Crippen LogP contribution < -0.4 is 5.32 Å². The van der Waals surface area contributed by atoms with Crippen LogP contribution in [0.15, 0.2) is 0 Å². The van der Waals surface area contributed by atoms with E-state index in [4.69, 9.17) is 9.47 Å². The second kappa shape index (κ2) is 10.5. The van der Waals surface area contributed by atoms with E-state index in [1.165, 1.54) is 16.7 Å². The summed E-state index contributed by atoms with van der Waals surface area (Å²) in [6.07, 6.45) is -0.615. The van der Waals surface area contributed by atoms with E-state index in [-0.39, 0.29) is 24.8 Å². The van der Waals surface area contributed by atoms with Gasteiger partial charge >= 0.3 is 12.1 Å². The molecule has 0 aliphatic heterocycles. The fourth-order valence-corrected chi connectivity index (χ4v) is 2.43. The molecular formula is C20H37N3O6. The van der Waals surface area contributed by atoms with Crippen LogP contribution in [0.25, 0.3) is 0 Å². The van der Waals surface area contributed by atoms with E-state index in [1.54, 1.807) is 62.6 Å². The number of nitrogens with zero attached hydrogens (tertiary/aromatic N) is 2. The molecule has 0 spiro atoms. The minimum atomic E-state index is -0.910. The van der Waals surface area contributed by atoms with Crippen LogP contribution in [-0.2, 0) is 23.9 Å². The first kappa shape index (κ1) is 26.7. The third-order valence-electron chi connectivity index (χ3n) is 3.71. The average Bonchev–Trinajstić information content (AvgIpc) is 2.48. The van der Waals surface area contributed by atoms with Crippen molar-refractivity contribution in [2.45, 2.75) is 85.1 Å². The number of hydrogen-bond donors (Lipinski definition) is 1. The molecule has 1 N–H and O–H groups in total. The number of carbonyl (C=O) groups is 4. The summed E-state index contributed by atoms with van der Waals surface area (Å²) in [6, 6.07) is -1.74. The molecule has 168 valence electrons. The van der Waals surface area contributed by atoms with Gasteiger partial charge in [-0.2, -0.15) is 0 Å². The molecule has 0 heterocycles. The lowest BCUT2D eigenvalue weighted by Crippen LogP contribution is -2.51. The van der Waals surface area contributed by atoms with Crippen molar-refractivity contribution in [1.82, 2.24) is 15.1 Å². The maximum Gasteiger partial charge on any atom is 0.408 e. The molecule has 0 aromatic rings. The van der Waals surface area contributed by atoms with Crippen LogP contribution in [0.5, 0.6) is 0 Å². The Labute approximate surface area is 174 Å². The number of rotatable bonds is 7. The fourth-order valence-electron chi connectivity index (χ4n) is 2.43. The van der Waals surface area contributed by atoms with Gasteiger partial charge in [-0.15, -0.1) is 0 Å². The second-order valence-electron chi connectivity index (χ2n) is 9.14. The van der Waals surface area contributed by atoms with Crippen molar-refractivity contribution in [2.75, 3.05) is 20.6 Å². The Morgan fingerprint density at radius 3 is 1.79 bits per heavy atom. The van der Waals surface area contributed by atoms with Crippen molar-refractivity contribution >= 4 is 23.9 Å². The quantitative estimate of drug-likeness (QED) is 0.637. The molecule has 0 saturated carbocycles. The Kier molecular flexibility index (Phi) is 9.62. The van der Waals surface area contributed by atoms with Crippen LogP contribution in [0.4, 0.5) is 4.79 Å². The number of esters is 1. The number of nitrogens with one attached hydrogen (secondary N) is 1. The number of likely N-dealkylation sites (N-methyl/N-ethyl adjacent to an activating group) is 1. The lowest BCUT2D eigenvalue weighted by Gasteiger charge is -2.31. The second-order valence-corrected chi connectivity index (χ2v) is 9.14. The zero-order valence-electron chi connectivity index (χ0n) is 19.4. The smallest absolute Gasteiger partial charge is 0.408 e. The van der Waals surface area contributed by atoms with Crippen LogP contribution in [0.2, 0.25) is 0 Å². The van der Waals surface area contributed by atoms with Gasteiger partial charge in [0.2, 0.25) is 11.8 Å². The van der Waals surface area contributed by atoms with Crippen molar-refractivity contribution in [3.05, 3.63) is 0 Å². The molecule has 3 amide bonds.